The molecule has 1 amide bonds. The lowest BCUT2D eigenvalue weighted by atomic mass is 10.2. The van der Waals surface area contributed by atoms with Crippen LogP contribution in [0.4, 0.5) is 18.9 Å². The summed E-state index contributed by atoms with van der Waals surface area (Å²) < 4.78 is 38.1. The van der Waals surface area contributed by atoms with Gasteiger partial charge in [-0.3, -0.25) is 4.79 Å². The minimum Gasteiger partial charge on any atom is -0.376 e. The van der Waals surface area contributed by atoms with Crippen molar-refractivity contribution in [2.24, 2.45) is 0 Å². The number of amides is 1. The summed E-state index contributed by atoms with van der Waals surface area (Å²) in [6.07, 6.45) is -3.72. The second-order valence-electron chi connectivity index (χ2n) is 5.05. The summed E-state index contributed by atoms with van der Waals surface area (Å²) in [7, 11) is 3.87. The Morgan fingerprint density at radius 3 is 2.59 bits per heavy atom. The van der Waals surface area contributed by atoms with Gasteiger partial charge >= 0.3 is 6.18 Å². The molecular formula is C14H19ClF3N3O. The van der Waals surface area contributed by atoms with Crippen molar-refractivity contribution in [2.45, 2.75) is 12.6 Å². The SMILES string of the molecule is CN(C)CCCNC(=O)CNc1ccc(Cl)c(C(F)(F)F)c1. The molecule has 124 valence electrons. The molecule has 0 bridgehead atoms. The molecule has 0 aliphatic heterocycles. The molecule has 8 heteroatoms. The van der Waals surface area contributed by atoms with Crippen molar-refractivity contribution in [3.8, 4) is 0 Å². The van der Waals surface area contributed by atoms with E-state index >= 15 is 0 Å². The average Bonchev–Trinajstić information content (AvgIpc) is 2.41. The lowest BCUT2D eigenvalue weighted by Gasteiger charge is -2.13. The van der Waals surface area contributed by atoms with Crippen LogP contribution in [0.5, 0.6) is 0 Å². The number of rotatable bonds is 7. The minimum atomic E-state index is -4.52. The number of anilines is 1. The lowest BCUT2D eigenvalue weighted by Crippen LogP contribution is -2.32. The van der Waals surface area contributed by atoms with Crippen LogP contribution in [0.2, 0.25) is 5.02 Å². The topological polar surface area (TPSA) is 44.4 Å². The van der Waals surface area contributed by atoms with E-state index in [1.807, 2.05) is 19.0 Å². The molecule has 0 spiro atoms. The molecule has 1 rings (SSSR count). The molecule has 0 aromatic heterocycles. The predicted molar refractivity (Wildman–Crippen MR) is 81.1 cm³/mol. The first-order chi connectivity index (χ1) is 10.2. The first-order valence-corrected chi connectivity index (χ1v) is 7.10. The largest absolute Gasteiger partial charge is 0.417 e. The van der Waals surface area contributed by atoms with Crippen LogP contribution in [0, 0.1) is 0 Å². The Morgan fingerprint density at radius 1 is 1.32 bits per heavy atom. The molecule has 0 aliphatic carbocycles. The van der Waals surface area contributed by atoms with Crippen LogP contribution < -0.4 is 10.6 Å². The number of halogens is 4. The molecule has 0 heterocycles. The second-order valence-corrected chi connectivity index (χ2v) is 5.46. The van der Waals surface area contributed by atoms with Crippen molar-refractivity contribution >= 4 is 23.2 Å². The number of carbonyl (C=O) groups is 1. The van der Waals surface area contributed by atoms with E-state index in [4.69, 9.17) is 11.6 Å². The van der Waals surface area contributed by atoms with Gasteiger partial charge < -0.3 is 15.5 Å². The Balaban J connectivity index is 2.46. The van der Waals surface area contributed by atoms with Crippen LogP contribution in [0.15, 0.2) is 18.2 Å². The van der Waals surface area contributed by atoms with Crippen molar-refractivity contribution in [3.63, 3.8) is 0 Å². The molecule has 22 heavy (non-hydrogen) atoms. The van der Waals surface area contributed by atoms with Crippen molar-refractivity contribution in [1.29, 1.82) is 0 Å². The second kappa shape index (κ2) is 8.24. The quantitative estimate of drug-likeness (QED) is 0.752. The highest BCUT2D eigenvalue weighted by atomic mass is 35.5. The Morgan fingerprint density at radius 2 is 2.00 bits per heavy atom. The van der Waals surface area contributed by atoms with Gasteiger partial charge in [-0.25, -0.2) is 0 Å². The summed E-state index contributed by atoms with van der Waals surface area (Å²) in [6.45, 7) is 1.27. The molecule has 0 unspecified atom stereocenters. The van der Waals surface area contributed by atoms with Gasteiger partial charge in [0.1, 0.15) is 0 Å². The van der Waals surface area contributed by atoms with Crippen LogP contribution in [0.3, 0.4) is 0 Å². The van der Waals surface area contributed by atoms with Crippen LogP contribution >= 0.6 is 11.6 Å². The Labute approximate surface area is 132 Å². The van der Waals surface area contributed by atoms with Gasteiger partial charge in [-0.05, 0) is 45.3 Å². The molecule has 0 saturated carbocycles. The molecule has 2 N–H and O–H groups in total. The van der Waals surface area contributed by atoms with Crippen molar-refractivity contribution < 1.29 is 18.0 Å². The number of benzene rings is 1. The molecular weight excluding hydrogens is 319 g/mol. The van der Waals surface area contributed by atoms with Gasteiger partial charge in [0.25, 0.3) is 0 Å². The zero-order chi connectivity index (χ0) is 16.8. The fourth-order valence-corrected chi connectivity index (χ4v) is 1.95. The molecule has 4 nitrogen and oxygen atoms in total. The van der Waals surface area contributed by atoms with Crippen molar-refractivity contribution in [2.75, 3.05) is 39.0 Å². The van der Waals surface area contributed by atoms with E-state index in [1.54, 1.807) is 0 Å². The Bertz CT molecular complexity index is 507. The third-order valence-electron chi connectivity index (χ3n) is 2.83. The van der Waals surface area contributed by atoms with E-state index in [1.165, 1.54) is 6.07 Å². The molecule has 0 radical (unpaired) electrons. The normalized spacial score (nSPS) is 11.6. The van der Waals surface area contributed by atoms with Crippen molar-refractivity contribution in [1.82, 2.24) is 10.2 Å². The number of carbonyl (C=O) groups excluding carboxylic acids is 1. The minimum absolute atomic E-state index is 0.0963. The predicted octanol–water partition coefficient (Wildman–Crippen LogP) is 2.84. The first-order valence-electron chi connectivity index (χ1n) is 6.72. The van der Waals surface area contributed by atoms with E-state index in [0.29, 0.717) is 6.54 Å². The van der Waals surface area contributed by atoms with Crippen LogP contribution in [-0.2, 0) is 11.0 Å². The highest BCUT2D eigenvalue weighted by Gasteiger charge is 2.33. The molecule has 1 aromatic carbocycles. The summed E-state index contributed by atoms with van der Waals surface area (Å²) in [5, 5.41) is 4.97. The van der Waals surface area contributed by atoms with Gasteiger partial charge in [0.15, 0.2) is 0 Å². The van der Waals surface area contributed by atoms with Gasteiger partial charge in [-0.1, -0.05) is 11.6 Å². The van der Waals surface area contributed by atoms with Gasteiger partial charge in [0.2, 0.25) is 5.91 Å². The zero-order valence-electron chi connectivity index (χ0n) is 12.4. The average molecular weight is 338 g/mol. The van der Waals surface area contributed by atoms with Gasteiger partial charge in [0, 0.05) is 12.2 Å². The highest BCUT2D eigenvalue weighted by molar-refractivity contribution is 6.31. The lowest BCUT2D eigenvalue weighted by molar-refractivity contribution is -0.137. The third-order valence-corrected chi connectivity index (χ3v) is 3.16. The summed E-state index contributed by atoms with van der Waals surface area (Å²) in [6, 6.07) is 3.44. The molecule has 0 aliphatic rings. The Hall–Kier alpha value is -1.47. The monoisotopic (exact) mass is 337 g/mol. The van der Waals surface area contributed by atoms with Gasteiger partial charge in [-0.15, -0.1) is 0 Å². The number of nitrogens with one attached hydrogen (secondary N) is 2. The molecule has 1 aromatic rings. The van der Waals surface area contributed by atoms with E-state index in [9.17, 15) is 18.0 Å². The number of hydrogen-bond acceptors (Lipinski definition) is 3. The van der Waals surface area contributed by atoms with E-state index in [2.05, 4.69) is 10.6 Å². The Kier molecular flexibility index (Phi) is 6.96. The smallest absolute Gasteiger partial charge is 0.376 e. The van der Waals surface area contributed by atoms with Crippen molar-refractivity contribution in [3.05, 3.63) is 28.8 Å². The van der Waals surface area contributed by atoms with Crippen LogP contribution in [0.1, 0.15) is 12.0 Å². The van der Waals surface area contributed by atoms with Crippen LogP contribution in [-0.4, -0.2) is 44.5 Å². The summed E-state index contributed by atoms with van der Waals surface area (Å²) >= 11 is 5.52. The van der Waals surface area contributed by atoms with E-state index in [0.717, 1.165) is 25.1 Å². The first kappa shape index (κ1) is 18.6. The van der Waals surface area contributed by atoms with Crippen LogP contribution in [0.25, 0.3) is 0 Å². The maximum atomic E-state index is 12.7. The molecule has 0 saturated heterocycles. The molecule has 0 fully saturated rings. The van der Waals surface area contributed by atoms with E-state index in [-0.39, 0.29) is 23.2 Å². The van der Waals surface area contributed by atoms with Gasteiger partial charge in [-0.2, -0.15) is 13.2 Å². The maximum absolute atomic E-state index is 12.7. The third kappa shape index (κ3) is 6.53. The standard InChI is InChI=1S/C14H19ClF3N3O/c1-21(2)7-3-6-19-13(22)9-20-10-4-5-12(15)11(8-10)14(16,17)18/h4-5,8,20H,3,6-7,9H2,1-2H3,(H,19,22). The summed E-state index contributed by atoms with van der Waals surface area (Å²) in [5.41, 5.74) is -0.731. The zero-order valence-corrected chi connectivity index (χ0v) is 13.2. The fraction of sp³-hybridized carbons (Fsp3) is 0.500. The number of hydrogen-bond donors (Lipinski definition) is 2. The maximum Gasteiger partial charge on any atom is 0.417 e. The summed E-state index contributed by atoms with van der Waals surface area (Å²) in [4.78, 5) is 13.6. The molecule has 0 atom stereocenters. The summed E-state index contributed by atoms with van der Waals surface area (Å²) in [5.74, 6) is -0.276. The fourth-order valence-electron chi connectivity index (χ4n) is 1.72. The number of alkyl halides is 3. The number of nitrogens with zero attached hydrogens (tertiary/aromatic N) is 1. The van der Waals surface area contributed by atoms with Gasteiger partial charge in [0.05, 0.1) is 17.1 Å². The van der Waals surface area contributed by atoms with E-state index < -0.39 is 11.7 Å². The highest BCUT2D eigenvalue weighted by Crippen LogP contribution is 2.36.